The standard InChI is InChI=1S/C19H19N5O4/c1-10(25)23-15-17(21(3)19(28)22(4)18(15)27)24(11(2)26)16(23)13-9-20-14-8-6-5-7-12(13)14/h5-9,16,20H,1-4H3. The molecule has 0 radical (unpaired) electrons. The molecule has 3 aromatic rings. The van der Waals surface area contributed by atoms with Gasteiger partial charge in [-0.15, -0.1) is 0 Å². The van der Waals surface area contributed by atoms with Gasteiger partial charge in [-0.3, -0.25) is 33.3 Å². The molecule has 0 aliphatic carbocycles. The number of carbonyl (C=O) groups is 2. The largest absolute Gasteiger partial charge is 0.361 e. The Kier molecular flexibility index (Phi) is 3.77. The fourth-order valence-corrected chi connectivity index (χ4v) is 3.89. The lowest BCUT2D eigenvalue weighted by Crippen LogP contribution is -2.41. The van der Waals surface area contributed by atoms with Crippen molar-refractivity contribution < 1.29 is 9.59 Å². The minimum absolute atomic E-state index is 0.0163. The van der Waals surface area contributed by atoms with Crippen LogP contribution in [0.25, 0.3) is 10.9 Å². The molecule has 1 aliphatic heterocycles. The number of anilines is 2. The summed E-state index contributed by atoms with van der Waals surface area (Å²) in [4.78, 5) is 56.4. The zero-order valence-corrected chi connectivity index (χ0v) is 15.9. The van der Waals surface area contributed by atoms with Crippen molar-refractivity contribution in [2.45, 2.75) is 20.0 Å². The summed E-state index contributed by atoms with van der Waals surface area (Å²) in [5, 5.41) is 0.819. The molecule has 1 aliphatic rings. The van der Waals surface area contributed by atoms with Crippen LogP contribution < -0.4 is 21.0 Å². The molecule has 28 heavy (non-hydrogen) atoms. The highest BCUT2D eigenvalue weighted by molar-refractivity contribution is 6.07. The lowest BCUT2D eigenvalue weighted by Gasteiger charge is -2.28. The Bertz CT molecular complexity index is 1270. The van der Waals surface area contributed by atoms with Crippen LogP contribution in [0.2, 0.25) is 0 Å². The van der Waals surface area contributed by atoms with Gasteiger partial charge in [0.25, 0.3) is 5.56 Å². The van der Waals surface area contributed by atoms with E-state index < -0.39 is 23.3 Å². The molecule has 4 rings (SSSR count). The minimum Gasteiger partial charge on any atom is -0.361 e. The van der Waals surface area contributed by atoms with Gasteiger partial charge in [-0.05, 0) is 6.07 Å². The first-order chi connectivity index (χ1) is 13.3. The second-order valence-electron chi connectivity index (χ2n) is 6.82. The van der Waals surface area contributed by atoms with Gasteiger partial charge in [-0.1, -0.05) is 18.2 Å². The molecule has 9 heteroatoms. The summed E-state index contributed by atoms with van der Waals surface area (Å²) in [7, 11) is 2.83. The number of benzene rings is 1. The highest BCUT2D eigenvalue weighted by Gasteiger charge is 2.46. The molecule has 0 fully saturated rings. The summed E-state index contributed by atoms with van der Waals surface area (Å²) in [5.41, 5.74) is 0.316. The van der Waals surface area contributed by atoms with Crippen LogP contribution in [0.4, 0.5) is 11.5 Å². The summed E-state index contributed by atoms with van der Waals surface area (Å²) < 4.78 is 2.16. The number of aromatic nitrogens is 3. The van der Waals surface area contributed by atoms with Crippen molar-refractivity contribution in [3.8, 4) is 0 Å². The van der Waals surface area contributed by atoms with E-state index in [0.29, 0.717) is 5.56 Å². The van der Waals surface area contributed by atoms with Gasteiger partial charge in [-0.2, -0.15) is 0 Å². The predicted octanol–water partition coefficient (Wildman–Crippen LogP) is 0.983. The van der Waals surface area contributed by atoms with Gasteiger partial charge in [-0.25, -0.2) is 4.79 Å². The third-order valence-corrected chi connectivity index (χ3v) is 5.15. The van der Waals surface area contributed by atoms with Crippen molar-refractivity contribution in [1.82, 2.24) is 14.1 Å². The number of rotatable bonds is 1. The summed E-state index contributed by atoms with van der Waals surface area (Å²) >= 11 is 0. The van der Waals surface area contributed by atoms with Crippen molar-refractivity contribution in [3.05, 3.63) is 56.9 Å². The third kappa shape index (κ3) is 2.19. The first-order valence-corrected chi connectivity index (χ1v) is 8.71. The molecule has 0 saturated heterocycles. The number of aromatic amines is 1. The topological polar surface area (TPSA) is 100 Å². The maximum absolute atomic E-state index is 12.9. The molecule has 1 unspecified atom stereocenters. The molecule has 0 bridgehead atoms. The van der Waals surface area contributed by atoms with E-state index in [4.69, 9.17) is 0 Å². The van der Waals surface area contributed by atoms with Crippen LogP contribution in [-0.2, 0) is 23.7 Å². The molecule has 0 spiro atoms. The number of hydrogen-bond donors (Lipinski definition) is 1. The Morgan fingerprint density at radius 2 is 1.61 bits per heavy atom. The van der Waals surface area contributed by atoms with E-state index in [9.17, 15) is 19.2 Å². The fourth-order valence-electron chi connectivity index (χ4n) is 3.89. The van der Waals surface area contributed by atoms with Crippen molar-refractivity contribution >= 4 is 34.2 Å². The molecule has 9 nitrogen and oxygen atoms in total. The zero-order valence-electron chi connectivity index (χ0n) is 15.9. The van der Waals surface area contributed by atoms with Crippen LogP contribution >= 0.6 is 0 Å². The molecule has 2 amide bonds. The van der Waals surface area contributed by atoms with Crippen molar-refractivity contribution in [1.29, 1.82) is 0 Å². The lowest BCUT2D eigenvalue weighted by molar-refractivity contribution is -0.118. The number of H-pyrrole nitrogens is 1. The van der Waals surface area contributed by atoms with Gasteiger partial charge < -0.3 is 4.98 Å². The zero-order chi connectivity index (χ0) is 20.3. The summed E-state index contributed by atoms with van der Waals surface area (Å²) in [5.74, 6) is -0.675. The second kappa shape index (κ2) is 5.95. The smallest absolute Gasteiger partial charge is 0.332 e. The first-order valence-electron chi connectivity index (χ1n) is 8.71. The lowest BCUT2D eigenvalue weighted by atomic mass is 10.1. The average molecular weight is 381 g/mol. The number of nitrogens with zero attached hydrogens (tertiary/aromatic N) is 4. The Hall–Kier alpha value is -3.62. The minimum atomic E-state index is -0.873. The summed E-state index contributed by atoms with van der Waals surface area (Å²) in [6, 6.07) is 7.48. The molecule has 1 N–H and O–H groups in total. The van der Waals surface area contributed by atoms with Crippen LogP contribution in [-0.4, -0.2) is 25.9 Å². The molecule has 0 saturated carbocycles. The van der Waals surface area contributed by atoms with Gasteiger partial charge in [0.15, 0.2) is 11.5 Å². The van der Waals surface area contributed by atoms with Crippen LogP contribution in [0.15, 0.2) is 40.1 Å². The first kappa shape index (κ1) is 17.8. The Labute approximate surface area is 159 Å². The number of carbonyl (C=O) groups excluding carboxylic acids is 2. The van der Waals surface area contributed by atoms with Crippen molar-refractivity contribution in [2.24, 2.45) is 14.1 Å². The molecule has 1 aromatic carbocycles. The van der Waals surface area contributed by atoms with E-state index in [-0.39, 0.29) is 17.4 Å². The van der Waals surface area contributed by atoms with Gasteiger partial charge in [0.05, 0.1) is 0 Å². The van der Waals surface area contributed by atoms with Crippen LogP contribution in [0, 0.1) is 0 Å². The maximum atomic E-state index is 12.9. The van der Waals surface area contributed by atoms with E-state index in [1.165, 1.54) is 42.3 Å². The van der Waals surface area contributed by atoms with Gasteiger partial charge in [0, 0.05) is 50.6 Å². The average Bonchev–Trinajstić information content (AvgIpc) is 3.23. The Morgan fingerprint density at radius 3 is 2.25 bits per heavy atom. The second-order valence-corrected chi connectivity index (χ2v) is 6.82. The highest BCUT2D eigenvalue weighted by Crippen LogP contribution is 2.45. The van der Waals surface area contributed by atoms with Gasteiger partial charge in [0.2, 0.25) is 11.8 Å². The molecule has 3 heterocycles. The summed E-state index contributed by atoms with van der Waals surface area (Å²) in [6.07, 6.45) is 0.845. The molecular weight excluding hydrogens is 362 g/mol. The van der Waals surface area contributed by atoms with E-state index in [2.05, 4.69) is 4.98 Å². The number of para-hydroxylation sites is 1. The Balaban J connectivity index is 2.12. The van der Waals surface area contributed by atoms with Crippen LogP contribution in [0.5, 0.6) is 0 Å². The van der Waals surface area contributed by atoms with Gasteiger partial charge >= 0.3 is 5.69 Å². The van der Waals surface area contributed by atoms with E-state index >= 15 is 0 Å². The SMILES string of the molecule is CC(=O)N1c2c(n(C)c(=O)n(C)c2=O)N(C(C)=O)C1c1c[nH]c2ccccc12. The highest BCUT2D eigenvalue weighted by atomic mass is 16.2. The fraction of sp³-hybridized carbons (Fsp3) is 0.263. The monoisotopic (exact) mass is 381 g/mol. The third-order valence-electron chi connectivity index (χ3n) is 5.15. The predicted molar refractivity (Wildman–Crippen MR) is 104 cm³/mol. The number of fused-ring (bicyclic) bond motifs is 2. The van der Waals surface area contributed by atoms with Crippen molar-refractivity contribution in [2.75, 3.05) is 9.80 Å². The molecule has 144 valence electrons. The maximum Gasteiger partial charge on any atom is 0.332 e. The number of amides is 2. The molecular formula is C19H19N5O4. The van der Waals surface area contributed by atoms with E-state index in [1.54, 1.807) is 6.20 Å². The van der Waals surface area contributed by atoms with Crippen LogP contribution in [0.3, 0.4) is 0 Å². The molecule has 1 atom stereocenters. The van der Waals surface area contributed by atoms with Crippen LogP contribution in [0.1, 0.15) is 25.6 Å². The number of nitrogens with one attached hydrogen (secondary N) is 1. The number of hydrogen-bond acceptors (Lipinski definition) is 4. The van der Waals surface area contributed by atoms with Crippen molar-refractivity contribution in [3.63, 3.8) is 0 Å². The van der Waals surface area contributed by atoms with E-state index in [0.717, 1.165) is 15.5 Å². The normalized spacial score (nSPS) is 15.9. The molecule has 2 aromatic heterocycles. The van der Waals surface area contributed by atoms with Gasteiger partial charge in [0.1, 0.15) is 6.17 Å². The summed E-state index contributed by atoms with van der Waals surface area (Å²) in [6.45, 7) is 2.68. The quantitative estimate of drug-likeness (QED) is 0.679. The Morgan fingerprint density at radius 1 is 0.964 bits per heavy atom. The van der Waals surface area contributed by atoms with E-state index in [1.807, 2.05) is 24.3 Å².